The van der Waals surface area contributed by atoms with Gasteiger partial charge < -0.3 is 9.31 Å². The van der Waals surface area contributed by atoms with Crippen molar-refractivity contribution in [1.82, 2.24) is 0 Å². The van der Waals surface area contributed by atoms with Gasteiger partial charge in [0.2, 0.25) is 0 Å². The zero-order chi connectivity index (χ0) is 12.8. The topological polar surface area (TPSA) is 30.8 Å². The summed E-state index contributed by atoms with van der Waals surface area (Å²) in [5.41, 5.74) is 0.709. The molecular weight excluding hydrogens is 201 g/mol. The summed E-state index contributed by atoms with van der Waals surface area (Å²) in [5, 5.41) is 0. The summed E-state index contributed by atoms with van der Waals surface area (Å²) in [4.78, 5) is 4.01. The molecule has 0 heterocycles. The first kappa shape index (κ1) is 15.4. The van der Waals surface area contributed by atoms with Gasteiger partial charge in [-0.05, 0) is 47.0 Å². The van der Waals surface area contributed by atoms with E-state index in [4.69, 9.17) is 9.31 Å². The Balaban J connectivity index is 4.78. The predicted molar refractivity (Wildman–Crippen MR) is 71.0 cm³/mol. The van der Waals surface area contributed by atoms with Crippen molar-refractivity contribution in [3.63, 3.8) is 0 Å². The van der Waals surface area contributed by atoms with Gasteiger partial charge in [0.15, 0.2) is 0 Å². The van der Waals surface area contributed by atoms with E-state index < -0.39 is 0 Å². The van der Waals surface area contributed by atoms with Crippen molar-refractivity contribution in [3.8, 4) is 0 Å². The zero-order valence-corrected chi connectivity index (χ0v) is 11.6. The summed E-state index contributed by atoms with van der Waals surface area (Å²) in [6.07, 6.45) is 3.86. The molecule has 0 aliphatic heterocycles. The summed E-state index contributed by atoms with van der Waals surface area (Å²) in [5.74, 6) is 0. The minimum absolute atomic E-state index is 0.118. The fourth-order valence-corrected chi connectivity index (χ4v) is 1.16. The Bertz CT molecular complexity index is 254. The van der Waals surface area contributed by atoms with Gasteiger partial charge in [-0.25, -0.2) is 0 Å². The largest absolute Gasteiger partial charge is 0.495 e. The summed E-state index contributed by atoms with van der Waals surface area (Å²) in [6.45, 7) is 12.0. The second kappa shape index (κ2) is 6.87. The van der Waals surface area contributed by atoms with E-state index in [1.54, 1.807) is 13.3 Å². The van der Waals surface area contributed by atoms with Gasteiger partial charge in [-0.2, -0.15) is 0 Å². The highest BCUT2D eigenvalue weighted by molar-refractivity contribution is 6.59. The Morgan fingerprint density at radius 1 is 1.31 bits per heavy atom. The van der Waals surface area contributed by atoms with Crippen molar-refractivity contribution < 1.29 is 9.31 Å². The maximum absolute atomic E-state index is 5.87. The van der Waals surface area contributed by atoms with Crippen LogP contribution < -0.4 is 0 Å². The molecule has 0 N–H and O–H groups in total. The summed E-state index contributed by atoms with van der Waals surface area (Å²) in [7, 11) is 1.39. The molecule has 0 aromatic rings. The van der Waals surface area contributed by atoms with E-state index in [9.17, 15) is 0 Å². The zero-order valence-electron chi connectivity index (χ0n) is 11.6. The molecule has 0 bridgehead atoms. The molecular formula is C12H24BNO2. The third-order valence-electron chi connectivity index (χ3n) is 1.74. The number of allylic oxidation sites excluding steroid dienone is 2. The molecule has 0 aromatic carbocycles. The Hall–Kier alpha value is -0.605. The second-order valence-electron chi connectivity index (χ2n) is 4.92. The summed E-state index contributed by atoms with van der Waals surface area (Å²) >= 11 is 0. The third-order valence-corrected chi connectivity index (χ3v) is 1.74. The smallest absolute Gasteiger partial charge is 0.405 e. The Morgan fingerprint density at radius 3 is 2.19 bits per heavy atom. The lowest BCUT2D eigenvalue weighted by Crippen LogP contribution is -2.37. The summed E-state index contributed by atoms with van der Waals surface area (Å²) < 4.78 is 11.6. The maximum Gasteiger partial charge on any atom is 0.495 e. The average Bonchev–Trinajstić information content (AvgIpc) is 2.09. The molecule has 0 atom stereocenters. The number of nitrogens with zero attached hydrogens (tertiary/aromatic N) is 1. The lowest BCUT2D eigenvalue weighted by molar-refractivity contribution is 0.0740. The SMILES string of the molecule is C/C=C(\C=N/C)B(OC(C)C)OC(C)(C)C. The van der Waals surface area contributed by atoms with Gasteiger partial charge in [-0.3, -0.25) is 4.99 Å². The van der Waals surface area contributed by atoms with Crippen LogP contribution in [0.5, 0.6) is 0 Å². The quantitative estimate of drug-likeness (QED) is 0.532. The van der Waals surface area contributed by atoms with Gasteiger partial charge in [0.1, 0.15) is 0 Å². The summed E-state index contributed by atoms with van der Waals surface area (Å²) in [6, 6.07) is 0. The Labute approximate surface area is 100 Å². The highest BCUT2D eigenvalue weighted by atomic mass is 16.6. The fourth-order valence-electron chi connectivity index (χ4n) is 1.16. The molecule has 0 saturated carbocycles. The van der Waals surface area contributed by atoms with Gasteiger partial charge in [-0.15, -0.1) is 0 Å². The minimum Gasteiger partial charge on any atom is -0.405 e. The number of rotatable bonds is 5. The molecule has 0 aliphatic rings. The highest BCUT2D eigenvalue weighted by Crippen LogP contribution is 2.15. The monoisotopic (exact) mass is 225 g/mol. The minimum atomic E-state index is -0.353. The maximum atomic E-state index is 5.87. The first-order valence-electron chi connectivity index (χ1n) is 5.71. The molecule has 0 aliphatic carbocycles. The van der Waals surface area contributed by atoms with Crippen LogP contribution >= 0.6 is 0 Å². The van der Waals surface area contributed by atoms with Crippen molar-refractivity contribution in [2.24, 2.45) is 4.99 Å². The molecule has 92 valence electrons. The predicted octanol–water partition coefficient (Wildman–Crippen LogP) is 2.90. The standard InChI is InChI=1S/C12H24BNO2/c1-8-11(9-14-7)13(15-10(2)3)16-12(4,5)6/h8-10H,1-7H3/b11-8+,14-9-. The Kier molecular flexibility index (Phi) is 6.61. The number of aliphatic imine (C=N–C) groups is 1. The van der Waals surface area contributed by atoms with Crippen molar-refractivity contribution in [1.29, 1.82) is 0 Å². The van der Waals surface area contributed by atoms with Crippen molar-refractivity contribution >= 4 is 13.3 Å². The van der Waals surface area contributed by atoms with Crippen LogP contribution in [0.1, 0.15) is 41.5 Å². The number of hydrogen-bond acceptors (Lipinski definition) is 3. The van der Waals surface area contributed by atoms with Gasteiger partial charge in [-0.1, -0.05) is 6.08 Å². The Morgan fingerprint density at radius 2 is 1.88 bits per heavy atom. The molecule has 0 rings (SSSR count). The molecule has 0 unspecified atom stereocenters. The van der Waals surface area contributed by atoms with Crippen molar-refractivity contribution in [2.75, 3.05) is 7.05 Å². The average molecular weight is 225 g/mol. The third kappa shape index (κ3) is 6.80. The first-order valence-corrected chi connectivity index (χ1v) is 5.71. The molecule has 4 heteroatoms. The fraction of sp³-hybridized carbons (Fsp3) is 0.750. The molecule has 0 radical (unpaired) electrons. The molecule has 3 nitrogen and oxygen atoms in total. The molecule has 0 saturated heterocycles. The second-order valence-corrected chi connectivity index (χ2v) is 4.92. The van der Waals surface area contributed by atoms with Gasteiger partial charge in [0, 0.05) is 25.0 Å². The van der Waals surface area contributed by atoms with Gasteiger partial charge in [0.05, 0.1) is 0 Å². The van der Waals surface area contributed by atoms with Crippen molar-refractivity contribution in [3.05, 3.63) is 11.5 Å². The van der Waals surface area contributed by atoms with Crippen LogP contribution in [0.25, 0.3) is 0 Å². The van der Waals surface area contributed by atoms with E-state index in [0.29, 0.717) is 0 Å². The van der Waals surface area contributed by atoms with Crippen LogP contribution in [0.2, 0.25) is 0 Å². The first-order chi connectivity index (χ1) is 7.30. The lowest BCUT2D eigenvalue weighted by Gasteiger charge is -2.26. The van der Waals surface area contributed by atoms with Crippen LogP contribution in [0.15, 0.2) is 16.5 Å². The van der Waals surface area contributed by atoms with Crippen LogP contribution in [0, 0.1) is 0 Å². The van der Waals surface area contributed by atoms with Crippen LogP contribution in [-0.4, -0.2) is 32.1 Å². The molecule has 0 spiro atoms. The molecule has 0 amide bonds. The molecule has 0 aromatic heterocycles. The number of hydrogen-bond donors (Lipinski definition) is 0. The van der Waals surface area contributed by atoms with Crippen LogP contribution in [0.4, 0.5) is 0 Å². The van der Waals surface area contributed by atoms with E-state index in [1.807, 2.05) is 47.6 Å². The molecule has 0 fully saturated rings. The van der Waals surface area contributed by atoms with E-state index in [0.717, 1.165) is 5.47 Å². The van der Waals surface area contributed by atoms with E-state index >= 15 is 0 Å². The van der Waals surface area contributed by atoms with E-state index in [2.05, 4.69) is 4.99 Å². The lowest BCUT2D eigenvalue weighted by atomic mass is 9.77. The van der Waals surface area contributed by atoms with E-state index in [1.165, 1.54) is 0 Å². The highest BCUT2D eigenvalue weighted by Gasteiger charge is 2.29. The van der Waals surface area contributed by atoms with Crippen LogP contribution in [-0.2, 0) is 9.31 Å². The van der Waals surface area contributed by atoms with Gasteiger partial charge in [0.25, 0.3) is 0 Å². The van der Waals surface area contributed by atoms with Crippen molar-refractivity contribution in [2.45, 2.75) is 53.2 Å². The normalized spacial score (nSPS) is 13.9. The van der Waals surface area contributed by atoms with Gasteiger partial charge >= 0.3 is 7.12 Å². The van der Waals surface area contributed by atoms with Crippen LogP contribution in [0.3, 0.4) is 0 Å². The van der Waals surface area contributed by atoms with E-state index in [-0.39, 0.29) is 18.8 Å². The molecule has 16 heavy (non-hydrogen) atoms.